The Morgan fingerprint density at radius 3 is 2.48 bits per heavy atom. The molecule has 5 nitrogen and oxygen atoms in total. The average molecular weight is 564 g/mol. The van der Waals surface area contributed by atoms with E-state index in [-0.39, 0.29) is 0 Å². The summed E-state index contributed by atoms with van der Waals surface area (Å²) >= 11 is 6.51. The van der Waals surface area contributed by atoms with Crippen LogP contribution in [0.1, 0.15) is 37.0 Å². The molecule has 1 aromatic heterocycles. The number of carbonyl (C=O) groups is 1. The third-order valence-corrected chi connectivity index (χ3v) is 7.11. The summed E-state index contributed by atoms with van der Waals surface area (Å²) in [6, 6.07) is 17.7. The molecule has 0 unspecified atom stereocenters. The fraction of sp³-hybridized carbons (Fsp3) is 0.250. The minimum Gasteiger partial charge on any atom is -0.492 e. The molecule has 4 aromatic rings. The van der Waals surface area contributed by atoms with Crippen LogP contribution in [0.3, 0.4) is 0 Å². The van der Waals surface area contributed by atoms with Crippen molar-refractivity contribution in [3.63, 3.8) is 0 Å². The van der Waals surface area contributed by atoms with Crippen molar-refractivity contribution in [2.45, 2.75) is 20.3 Å². The summed E-state index contributed by atoms with van der Waals surface area (Å²) in [5.74, 6) is -0.239. The van der Waals surface area contributed by atoms with E-state index < -0.39 is 11.8 Å². The molecule has 3 aromatic carbocycles. The van der Waals surface area contributed by atoms with Crippen molar-refractivity contribution in [2.75, 3.05) is 26.7 Å². The van der Waals surface area contributed by atoms with Gasteiger partial charge in [-0.25, -0.2) is 4.39 Å². The van der Waals surface area contributed by atoms with Gasteiger partial charge in [0.1, 0.15) is 24.5 Å². The Labute approximate surface area is 238 Å². The molecule has 0 aliphatic rings. The number of hydrogen-bond donors (Lipinski definition) is 0. The molecule has 0 spiro atoms. The summed E-state index contributed by atoms with van der Waals surface area (Å²) in [7, 11) is 3.67. The molecule has 0 atom stereocenters. The molecule has 0 saturated carbocycles. The van der Waals surface area contributed by atoms with Gasteiger partial charge in [0, 0.05) is 20.1 Å². The van der Waals surface area contributed by atoms with Gasteiger partial charge < -0.3 is 4.74 Å². The normalized spacial score (nSPS) is 12.7. The summed E-state index contributed by atoms with van der Waals surface area (Å²) in [5.41, 5.74) is 5.56. The average Bonchev–Trinajstić information content (AvgIpc) is 3.23. The first kappa shape index (κ1) is 29.2. The molecule has 0 bridgehead atoms. The van der Waals surface area contributed by atoms with Gasteiger partial charge in [-0.2, -0.15) is 4.39 Å². The van der Waals surface area contributed by atoms with Gasteiger partial charge in [0.15, 0.2) is 0 Å². The van der Waals surface area contributed by atoms with Crippen LogP contribution >= 0.6 is 11.6 Å². The zero-order valence-corrected chi connectivity index (χ0v) is 23.8. The maximum Gasteiger partial charge on any atom is 0.240 e. The lowest BCUT2D eigenvalue weighted by Crippen LogP contribution is -2.24. The van der Waals surface area contributed by atoms with Gasteiger partial charge in [-0.3, -0.25) is 14.4 Å². The van der Waals surface area contributed by atoms with E-state index >= 15 is 0 Å². The van der Waals surface area contributed by atoms with Gasteiger partial charge in [0.2, 0.25) is 5.95 Å². The van der Waals surface area contributed by atoms with Crippen molar-refractivity contribution in [1.29, 1.82) is 0 Å². The Kier molecular flexibility index (Phi) is 9.50. The number of allylic oxidation sites excluding steroid dienone is 2. The number of likely N-dealkylation sites (N-methyl/N-ethyl adjacent to an activating group) is 1. The molecule has 40 heavy (non-hydrogen) atoms. The smallest absolute Gasteiger partial charge is 0.240 e. The Bertz CT molecular complexity index is 1580. The topological polar surface area (TPSA) is 47.4 Å². The van der Waals surface area contributed by atoms with Gasteiger partial charge in [-0.15, -0.1) is 5.10 Å². The molecule has 0 saturated heterocycles. The van der Waals surface area contributed by atoms with Crippen LogP contribution in [0.25, 0.3) is 22.0 Å². The second-order valence-corrected chi connectivity index (χ2v) is 10.1. The van der Waals surface area contributed by atoms with Crippen LogP contribution in [-0.2, 0) is 11.8 Å². The van der Waals surface area contributed by atoms with E-state index in [0.29, 0.717) is 53.4 Å². The van der Waals surface area contributed by atoms with Crippen molar-refractivity contribution in [2.24, 2.45) is 7.05 Å². The van der Waals surface area contributed by atoms with Gasteiger partial charge in [0.25, 0.3) is 0 Å². The maximum absolute atomic E-state index is 14.7. The number of aldehydes is 1. The van der Waals surface area contributed by atoms with Gasteiger partial charge in [-0.05, 0) is 90.2 Å². The minimum atomic E-state index is -0.540. The largest absolute Gasteiger partial charge is 0.492 e. The number of halogens is 3. The highest BCUT2D eigenvalue weighted by Gasteiger charge is 2.18. The summed E-state index contributed by atoms with van der Waals surface area (Å²) < 4.78 is 36.0. The second-order valence-electron chi connectivity index (χ2n) is 9.68. The molecule has 0 aliphatic heterocycles. The van der Waals surface area contributed by atoms with Gasteiger partial charge in [-0.1, -0.05) is 48.9 Å². The van der Waals surface area contributed by atoms with Crippen molar-refractivity contribution >= 4 is 39.9 Å². The lowest BCUT2D eigenvalue weighted by atomic mass is 9.87. The van der Waals surface area contributed by atoms with E-state index in [1.54, 1.807) is 26.1 Å². The molecule has 0 radical (unpaired) electrons. The Morgan fingerprint density at radius 1 is 1.07 bits per heavy atom. The first-order valence-electron chi connectivity index (χ1n) is 13.1. The van der Waals surface area contributed by atoms with Crippen molar-refractivity contribution < 1.29 is 18.3 Å². The molecule has 208 valence electrons. The first-order valence-corrected chi connectivity index (χ1v) is 13.4. The fourth-order valence-corrected chi connectivity index (χ4v) is 4.89. The Balaban J connectivity index is 1.69. The van der Waals surface area contributed by atoms with Crippen LogP contribution in [0.4, 0.5) is 8.78 Å². The Hall–Kier alpha value is -3.81. The molecule has 4 rings (SSSR count). The van der Waals surface area contributed by atoms with Crippen LogP contribution in [-0.4, -0.2) is 47.7 Å². The monoisotopic (exact) mass is 563 g/mol. The first-order chi connectivity index (χ1) is 19.2. The van der Waals surface area contributed by atoms with E-state index in [2.05, 4.69) is 10.00 Å². The lowest BCUT2D eigenvalue weighted by molar-refractivity contribution is -0.104. The number of benzene rings is 3. The zero-order chi connectivity index (χ0) is 28.8. The zero-order valence-electron chi connectivity index (χ0n) is 23.0. The van der Waals surface area contributed by atoms with E-state index in [4.69, 9.17) is 16.3 Å². The predicted octanol–water partition coefficient (Wildman–Crippen LogP) is 7.33. The summed E-state index contributed by atoms with van der Waals surface area (Å²) in [6.07, 6.45) is 3.33. The van der Waals surface area contributed by atoms with Crippen molar-refractivity contribution in [1.82, 2.24) is 14.7 Å². The summed E-state index contributed by atoms with van der Waals surface area (Å²) in [4.78, 5) is 12.8. The lowest BCUT2D eigenvalue weighted by Gasteiger charge is -2.18. The van der Waals surface area contributed by atoms with Crippen LogP contribution in [0.5, 0.6) is 5.75 Å². The number of rotatable bonds is 11. The van der Waals surface area contributed by atoms with Crippen LogP contribution in [0.2, 0.25) is 5.02 Å². The van der Waals surface area contributed by atoms with Crippen LogP contribution < -0.4 is 4.74 Å². The number of hydrogen-bond acceptors (Lipinski definition) is 4. The highest BCUT2D eigenvalue weighted by atomic mass is 35.5. The summed E-state index contributed by atoms with van der Waals surface area (Å²) in [5, 5.41) is 4.65. The number of carbonyl (C=O) groups excluding carboxylic acids is 1. The fourth-order valence-electron chi connectivity index (χ4n) is 4.61. The molecule has 0 aliphatic carbocycles. The number of fused-ring (bicyclic) bond motifs is 1. The highest BCUT2D eigenvalue weighted by molar-refractivity contribution is 6.32. The van der Waals surface area contributed by atoms with E-state index in [1.165, 1.54) is 16.8 Å². The molecule has 1 heterocycles. The third-order valence-electron chi connectivity index (χ3n) is 6.80. The van der Waals surface area contributed by atoms with Crippen molar-refractivity contribution in [3.8, 4) is 5.75 Å². The van der Waals surface area contributed by atoms with E-state index in [1.807, 2.05) is 56.4 Å². The van der Waals surface area contributed by atoms with Gasteiger partial charge in [0.05, 0.1) is 15.9 Å². The molecular formula is C32H32ClF2N3O2. The highest BCUT2D eigenvalue weighted by Crippen LogP contribution is 2.38. The molecule has 0 N–H and O–H groups in total. The standard InChI is InChI=1S/C32H32ClF2N3O2/c1-5-26(27-12-9-24(34)19-29(27)33)31(23-8-13-30-28(18-23)32(35)36-38(30)4)22-6-10-25(11-7-22)40-17-16-37(3)15-14-21(2)20-39/h6-14,18-20H,5,15-17H2,1-4H3/b21-14+,31-26+. The summed E-state index contributed by atoms with van der Waals surface area (Å²) in [6.45, 7) is 5.62. The number of aromatic nitrogens is 2. The minimum absolute atomic E-state index is 0.310. The number of nitrogens with zero attached hydrogens (tertiary/aromatic N) is 3. The van der Waals surface area contributed by atoms with Crippen LogP contribution in [0, 0.1) is 11.8 Å². The molecule has 0 amide bonds. The van der Waals surface area contributed by atoms with Gasteiger partial charge >= 0.3 is 0 Å². The number of ether oxygens (including phenoxy) is 1. The number of aryl methyl sites for hydroxylation is 1. The Morgan fingerprint density at radius 2 is 1.80 bits per heavy atom. The molecular weight excluding hydrogens is 532 g/mol. The second kappa shape index (κ2) is 13.0. The maximum atomic E-state index is 14.7. The quantitative estimate of drug-likeness (QED) is 0.109. The van der Waals surface area contributed by atoms with E-state index in [0.717, 1.165) is 34.1 Å². The molecule has 8 heteroatoms. The van der Waals surface area contributed by atoms with Crippen molar-refractivity contribution in [3.05, 3.63) is 106 Å². The predicted molar refractivity (Wildman–Crippen MR) is 158 cm³/mol. The molecule has 0 fully saturated rings. The third kappa shape index (κ3) is 6.66. The SMILES string of the molecule is CC/C(=C(/c1ccc(OCCN(C)C/C=C(\C)C=O)cc1)c1ccc2c(c1)c(F)nn2C)c1ccc(F)cc1Cl. The van der Waals surface area contributed by atoms with Crippen LogP contribution in [0.15, 0.2) is 72.3 Å². The van der Waals surface area contributed by atoms with E-state index in [9.17, 15) is 13.6 Å².